The molecule has 0 saturated carbocycles. The van der Waals surface area contributed by atoms with E-state index in [4.69, 9.17) is 20.8 Å². The summed E-state index contributed by atoms with van der Waals surface area (Å²) in [6.07, 6.45) is 2.34. The molecule has 1 saturated heterocycles. The molecule has 1 aliphatic rings. The van der Waals surface area contributed by atoms with Crippen molar-refractivity contribution in [1.29, 1.82) is 0 Å². The normalized spacial score (nSPS) is 14.1. The largest absolute Gasteiger partial charge is 0.383 e. The van der Waals surface area contributed by atoms with Crippen LogP contribution in [0.15, 0.2) is 54.6 Å². The summed E-state index contributed by atoms with van der Waals surface area (Å²) in [6.45, 7) is 6.98. The van der Waals surface area contributed by atoms with Gasteiger partial charge in [0.25, 0.3) is 0 Å². The fourth-order valence-electron chi connectivity index (χ4n) is 4.21. The van der Waals surface area contributed by atoms with Crippen molar-refractivity contribution in [2.75, 3.05) is 23.7 Å². The Kier molecular flexibility index (Phi) is 5.06. The van der Waals surface area contributed by atoms with Crippen molar-refractivity contribution in [3.8, 4) is 11.3 Å². The van der Waals surface area contributed by atoms with Gasteiger partial charge in [-0.3, -0.25) is 0 Å². The van der Waals surface area contributed by atoms with Gasteiger partial charge in [-0.15, -0.1) is 5.10 Å². The molecular formula is C25H28N6. The van der Waals surface area contributed by atoms with Gasteiger partial charge in [-0.25, -0.2) is 9.67 Å². The predicted molar refractivity (Wildman–Crippen MR) is 126 cm³/mol. The summed E-state index contributed by atoms with van der Waals surface area (Å²) in [5.74, 6) is 1.84. The van der Waals surface area contributed by atoms with Crippen LogP contribution in [0.2, 0.25) is 0 Å². The van der Waals surface area contributed by atoms with Crippen LogP contribution in [-0.4, -0.2) is 32.8 Å². The standard InChI is InChI=1S/C25H28N6/c1-17(2)19-10-12-20(13-11-19)22-21-23(26)31(16-18-8-4-3-5-9-18)29-24(21)28-25(27-22)30-14-6-7-15-30/h3-5,8-13,17H,6-7,14-16,26H2,1-2H3. The average Bonchev–Trinajstić information content (AvgIpc) is 3.43. The highest BCUT2D eigenvalue weighted by Gasteiger charge is 2.22. The molecule has 2 aromatic heterocycles. The fourth-order valence-corrected chi connectivity index (χ4v) is 4.21. The van der Waals surface area contributed by atoms with Crippen LogP contribution in [0.4, 0.5) is 11.8 Å². The highest BCUT2D eigenvalue weighted by Crippen LogP contribution is 2.33. The van der Waals surface area contributed by atoms with Gasteiger partial charge >= 0.3 is 0 Å². The number of anilines is 2. The zero-order valence-corrected chi connectivity index (χ0v) is 18.1. The molecule has 0 radical (unpaired) electrons. The Labute approximate surface area is 182 Å². The Morgan fingerprint density at radius 3 is 2.32 bits per heavy atom. The third kappa shape index (κ3) is 3.74. The number of hydrogen-bond acceptors (Lipinski definition) is 5. The lowest BCUT2D eigenvalue weighted by Gasteiger charge is -2.16. The van der Waals surface area contributed by atoms with Crippen LogP contribution in [0, 0.1) is 0 Å². The van der Waals surface area contributed by atoms with Gasteiger partial charge in [0.05, 0.1) is 17.6 Å². The minimum absolute atomic E-state index is 0.485. The van der Waals surface area contributed by atoms with E-state index >= 15 is 0 Å². The Morgan fingerprint density at radius 1 is 0.935 bits per heavy atom. The van der Waals surface area contributed by atoms with Gasteiger partial charge in [-0.2, -0.15) is 4.98 Å². The molecular weight excluding hydrogens is 384 g/mol. The van der Waals surface area contributed by atoms with E-state index in [9.17, 15) is 0 Å². The van der Waals surface area contributed by atoms with Crippen molar-refractivity contribution in [3.05, 3.63) is 65.7 Å². The topological polar surface area (TPSA) is 72.9 Å². The second kappa shape index (κ2) is 8.02. The van der Waals surface area contributed by atoms with Gasteiger partial charge < -0.3 is 10.6 Å². The van der Waals surface area contributed by atoms with Crippen LogP contribution < -0.4 is 10.6 Å². The third-order valence-electron chi connectivity index (χ3n) is 6.04. The van der Waals surface area contributed by atoms with Gasteiger partial charge in [0.2, 0.25) is 5.95 Å². The second-order valence-corrected chi connectivity index (χ2v) is 8.57. The first-order valence-corrected chi connectivity index (χ1v) is 11.0. The number of fused-ring (bicyclic) bond motifs is 1. The van der Waals surface area contributed by atoms with Crippen LogP contribution in [0.1, 0.15) is 43.7 Å². The summed E-state index contributed by atoms with van der Waals surface area (Å²) in [5, 5.41) is 5.62. The lowest BCUT2D eigenvalue weighted by Crippen LogP contribution is -2.20. The number of nitrogens with zero attached hydrogens (tertiary/aromatic N) is 5. The highest BCUT2D eigenvalue weighted by atomic mass is 15.3. The molecule has 0 bridgehead atoms. The van der Waals surface area contributed by atoms with E-state index in [2.05, 4.69) is 55.1 Å². The first-order chi connectivity index (χ1) is 15.1. The van der Waals surface area contributed by atoms with Crippen molar-refractivity contribution < 1.29 is 0 Å². The van der Waals surface area contributed by atoms with Crippen molar-refractivity contribution in [1.82, 2.24) is 19.7 Å². The van der Waals surface area contributed by atoms with E-state index in [0.29, 0.717) is 23.9 Å². The quantitative estimate of drug-likeness (QED) is 0.507. The summed E-state index contributed by atoms with van der Waals surface area (Å²) in [4.78, 5) is 12.1. The Balaban J connectivity index is 1.65. The van der Waals surface area contributed by atoms with Gasteiger partial charge in [-0.05, 0) is 29.9 Å². The molecule has 0 spiro atoms. The summed E-state index contributed by atoms with van der Waals surface area (Å²) >= 11 is 0. The predicted octanol–water partition coefficient (Wildman–Crippen LogP) is 4.85. The first kappa shape index (κ1) is 19.5. The molecule has 5 rings (SSSR count). The zero-order chi connectivity index (χ0) is 21.4. The van der Waals surface area contributed by atoms with Crippen LogP contribution in [0.3, 0.4) is 0 Å². The number of benzene rings is 2. The molecule has 2 N–H and O–H groups in total. The van der Waals surface area contributed by atoms with E-state index < -0.39 is 0 Å². The lowest BCUT2D eigenvalue weighted by molar-refractivity contribution is 0.703. The van der Waals surface area contributed by atoms with Gasteiger partial charge in [0, 0.05) is 18.7 Å². The minimum Gasteiger partial charge on any atom is -0.383 e. The molecule has 0 atom stereocenters. The summed E-state index contributed by atoms with van der Waals surface area (Å²) in [6, 6.07) is 18.9. The number of nitrogen functional groups attached to an aromatic ring is 1. The molecule has 4 aromatic rings. The smallest absolute Gasteiger partial charge is 0.228 e. The lowest BCUT2D eigenvalue weighted by atomic mass is 10.00. The number of hydrogen-bond donors (Lipinski definition) is 1. The molecule has 158 valence electrons. The minimum atomic E-state index is 0.485. The summed E-state index contributed by atoms with van der Waals surface area (Å²) in [7, 11) is 0. The first-order valence-electron chi connectivity index (χ1n) is 11.0. The van der Waals surface area contributed by atoms with Crippen LogP contribution in [0.5, 0.6) is 0 Å². The maximum atomic E-state index is 6.61. The Morgan fingerprint density at radius 2 is 1.65 bits per heavy atom. The van der Waals surface area contributed by atoms with Crippen LogP contribution in [-0.2, 0) is 6.54 Å². The monoisotopic (exact) mass is 412 g/mol. The van der Waals surface area contributed by atoms with E-state index in [0.717, 1.165) is 41.2 Å². The molecule has 6 nitrogen and oxygen atoms in total. The van der Waals surface area contributed by atoms with E-state index in [1.54, 1.807) is 0 Å². The molecule has 6 heteroatoms. The summed E-state index contributed by atoms with van der Waals surface area (Å²) in [5.41, 5.74) is 11.6. The highest BCUT2D eigenvalue weighted by molar-refractivity contribution is 5.99. The van der Waals surface area contributed by atoms with Gasteiger partial charge in [0.15, 0.2) is 5.65 Å². The van der Waals surface area contributed by atoms with Crippen molar-refractivity contribution in [2.45, 2.75) is 39.2 Å². The molecule has 0 unspecified atom stereocenters. The number of nitrogens with two attached hydrogens (primary N) is 1. The van der Waals surface area contributed by atoms with E-state index in [1.807, 2.05) is 22.9 Å². The molecule has 1 fully saturated rings. The van der Waals surface area contributed by atoms with E-state index in [-0.39, 0.29) is 0 Å². The van der Waals surface area contributed by atoms with Crippen LogP contribution >= 0.6 is 0 Å². The van der Waals surface area contributed by atoms with Crippen LogP contribution in [0.25, 0.3) is 22.3 Å². The maximum Gasteiger partial charge on any atom is 0.228 e. The average molecular weight is 413 g/mol. The zero-order valence-electron chi connectivity index (χ0n) is 18.1. The number of rotatable bonds is 5. The molecule has 0 amide bonds. The summed E-state index contributed by atoms with van der Waals surface area (Å²) < 4.78 is 1.84. The van der Waals surface area contributed by atoms with Crippen molar-refractivity contribution in [2.24, 2.45) is 0 Å². The van der Waals surface area contributed by atoms with Gasteiger partial charge in [-0.1, -0.05) is 68.4 Å². The van der Waals surface area contributed by atoms with E-state index in [1.165, 1.54) is 18.4 Å². The molecule has 0 aliphatic carbocycles. The van der Waals surface area contributed by atoms with Crippen molar-refractivity contribution in [3.63, 3.8) is 0 Å². The van der Waals surface area contributed by atoms with Crippen molar-refractivity contribution >= 4 is 22.8 Å². The Hall–Kier alpha value is -3.41. The second-order valence-electron chi connectivity index (χ2n) is 8.57. The fraction of sp³-hybridized carbons (Fsp3) is 0.320. The maximum absolute atomic E-state index is 6.61. The molecule has 1 aliphatic heterocycles. The number of aromatic nitrogens is 4. The molecule has 31 heavy (non-hydrogen) atoms. The Bertz CT molecular complexity index is 1190. The third-order valence-corrected chi connectivity index (χ3v) is 6.04. The molecule has 2 aromatic carbocycles. The van der Waals surface area contributed by atoms with Gasteiger partial charge in [0.1, 0.15) is 5.82 Å². The SMILES string of the molecule is CC(C)c1ccc(-c2nc(N3CCCC3)nc3nn(Cc4ccccc4)c(N)c23)cc1. The molecule has 3 heterocycles.